The van der Waals surface area contributed by atoms with Crippen molar-refractivity contribution in [1.29, 1.82) is 0 Å². The molecule has 3 heterocycles. The summed E-state index contributed by atoms with van der Waals surface area (Å²) in [5.41, 5.74) is 2.32. The topological polar surface area (TPSA) is 68.7 Å². The van der Waals surface area contributed by atoms with Gasteiger partial charge >= 0.3 is 0 Å². The molecule has 2 aliphatic rings. The summed E-state index contributed by atoms with van der Waals surface area (Å²) in [7, 11) is 0. The van der Waals surface area contributed by atoms with E-state index in [4.69, 9.17) is 0 Å². The predicted octanol–water partition coefficient (Wildman–Crippen LogP) is 3.21. The van der Waals surface area contributed by atoms with Crippen molar-refractivity contribution in [1.82, 2.24) is 20.1 Å². The molecule has 1 aromatic heterocycles. The lowest BCUT2D eigenvalue weighted by Crippen LogP contribution is -2.50. The van der Waals surface area contributed by atoms with Crippen LogP contribution in [-0.4, -0.2) is 64.1 Å². The summed E-state index contributed by atoms with van der Waals surface area (Å²) >= 11 is 0. The van der Waals surface area contributed by atoms with Crippen LogP contribution in [0, 0.1) is 5.92 Å². The van der Waals surface area contributed by atoms with Crippen molar-refractivity contribution >= 4 is 5.91 Å². The highest BCUT2D eigenvalue weighted by atomic mass is 16.3. The van der Waals surface area contributed by atoms with Gasteiger partial charge in [-0.3, -0.25) is 9.78 Å². The molecule has 0 bridgehead atoms. The molecule has 172 valence electrons. The first-order chi connectivity index (χ1) is 15.6. The zero-order valence-electron chi connectivity index (χ0n) is 19.1. The number of piperidine rings is 2. The minimum Gasteiger partial charge on any atom is -0.508 e. The molecule has 2 aliphatic heterocycles. The molecule has 1 amide bonds. The molecule has 6 heteroatoms. The average Bonchev–Trinajstić information content (AvgIpc) is 2.85. The quantitative estimate of drug-likeness (QED) is 0.698. The Morgan fingerprint density at radius 3 is 2.44 bits per heavy atom. The van der Waals surface area contributed by atoms with E-state index >= 15 is 0 Å². The maximum atomic E-state index is 12.6. The zero-order chi connectivity index (χ0) is 22.3. The molecule has 2 N–H and O–H groups in total. The van der Waals surface area contributed by atoms with Crippen LogP contribution in [0.15, 0.2) is 48.8 Å². The van der Waals surface area contributed by atoms with E-state index in [0.717, 1.165) is 51.0 Å². The van der Waals surface area contributed by atoms with Gasteiger partial charge in [0.2, 0.25) is 5.91 Å². The number of amides is 1. The number of carbonyl (C=O) groups is 1. The number of carbonyl (C=O) groups excluding carboxylic acids is 1. The molecule has 1 atom stereocenters. The van der Waals surface area contributed by atoms with E-state index in [1.807, 2.05) is 24.3 Å². The first-order valence-electron chi connectivity index (χ1n) is 12.0. The number of nitrogens with one attached hydrogen (secondary N) is 1. The van der Waals surface area contributed by atoms with Gasteiger partial charge in [0.05, 0.1) is 0 Å². The van der Waals surface area contributed by atoms with E-state index in [1.165, 1.54) is 18.4 Å². The zero-order valence-corrected chi connectivity index (χ0v) is 19.1. The fourth-order valence-electron chi connectivity index (χ4n) is 5.16. The second-order valence-electron chi connectivity index (χ2n) is 9.38. The maximum absolute atomic E-state index is 12.6. The molecule has 0 aliphatic carbocycles. The largest absolute Gasteiger partial charge is 0.508 e. The van der Waals surface area contributed by atoms with Crippen molar-refractivity contribution in [3.63, 3.8) is 0 Å². The third-order valence-corrected chi connectivity index (χ3v) is 7.20. The van der Waals surface area contributed by atoms with E-state index < -0.39 is 0 Å². The van der Waals surface area contributed by atoms with Gasteiger partial charge in [-0.2, -0.15) is 0 Å². The Morgan fingerprint density at radius 1 is 1.06 bits per heavy atom. The third kappa shape index (κ3) is 6.08. The number of phenols is 1. The molecular formula is C26H36N4O2. The van der Waals surface area contributed by atoms with Gasteiger partial charge in [0.1, 0.15) is 5.75 Å². The van der Waals surface area contributed by atoms with Crippen LogP contribution in [0.1, 0.15) is 43.7 Å². The number of rotatable bonds is 7. The van der Waals surface area contributed by atoms with Crippen LogP contribution in [0.25, 0.3) is 0 Å². The van der Waals surface area contributed by atoms with E-state index in [-0.39, 0.29) is 11.8 Å². The first-order valence-corrected chi connectivity index (χ1v) is 12.0. The lowest BCUT2D eigenvalue weighted by molar-refractivity contribution is -0.126. The summed E-state index contributed by atoms with van der Waals surface area (Å²) in [5.74, 6) is 0.650. The van der Waals surface area contributed by atoms with E-state index in [9.17, 15) is 9.90 Å². The third-order valence-electron chi connectivity index (χ3n) is 7.20. The van der Waals surface area contributed by atoms with Crippen LogP contribution < -0.4 is 5.32 Å². The monoisotopic (exact) mass is 436 g/mol. The highest BCUT2D eigenvalue weighted by molar-refractivity contribution is 5.78. The van der Waals surface area contributed by atoms with Crippen LogP contribution in [0.3, 0.4) is 0 Å². The number of hydrogen-bond donors (Lipinski definition) is 2. The summed E-state index contributed by atoms with van der Waals surface area (Å²) in [6.45, 7) is 7.19. The summed E-state index contributed by atoms with van der Waals surface area (Å²) in [6, 6.07) is 12.6. The second kappa shape index (κ2) is 10.9. The number of aromatic hydroxyl groups is 1. The second-order valence-corrected chi connectivity index (χ2v) is 9.38. The van der Waals surface area contributed by atoms with Crippen LogP contribution >= 0.6 is 0 Å². The molecular weight excluding hydrogens is 400 g/mol. The Labute approximate surface area is 191 Å². The van der Waals surface area contributed by atoms with Gasteiger partial charge in [0.15, 0.2) is 0 Å². The van der Waals surface area contributed by atoms with Crippen molar-refractivity contribution in [2.45, 2.75) is 57.7 Å². The lowest BCUT2D eigenvalue weighted by atomic mass is 9.92. The van der Waals surface area contributed by atoms with Gasteiger partial charge in [0.25, 0.3) is 0 Å². The van der Waals surface area contributed by atoms with Crippen LogP contribution in [0.2, 0.25) is 0 Å². The Balaban J connectivity index is 1.16. The highest BCUT2D eigenvalue weighted by Crippen LogP contribution is 2.25. The number of hydrogen-bond acceptors (Lipinski definition) is 5. The Morgan fingerprint density at radius 2 is 1.78 bits per heavy atom. The van der Waals surface area contributed by atoms with Gasteiger partial charge in [-0.05, 0) is 94.5 Å². The highest BCUT2D eigenvalue weighted by Gasteiger charge is 2.31. The van der Waals surface area contributed by atoms with Crippen molar-refractivity contribution in [3.05, 3.63) is 59.9 Å². The number of nitrogens with zero attached hydrogens (tertiary/aromatic N) is 3. The molecule has 2 saturated heterocycles. The molecule has 4 rings (SSSR count). The minimum absolute atomic E-state index is 0.133. The number of pyridine rings is 1. The van der Waals surface area contributed by atoms with E-state index in [1.54, 1.807) is 24.5 Å². The van der Waals surface area contributed by atoms with Crippen LogP contribution in [0.4, 0.5) is 0 Å². The van der Waals surface area contributed by atoms with Crippen molar-refractivity contribution in [2.75, 3.05) is 26.2 Å². The molecule has 32 heavy (non-hydrogen) atoms. The van der Waals surface area contributed by atoms with Gasteiger partial charge in [0, 0.05) is 36.9 Å². The van der Waals surface area contributed by atoms with Crippen LogP contribution in [-0.2, 0) is 17.8 Å². The molecule has 0 radical (unpaired) electrons. The van der Waals surface area contributed by atoms with E-state index in [0.29, 0.717) is 24.4 Å². The van der Waals surface area contributed by atoms with Gasteiger partial charge in [-0.1, -0.05) is 18.2 Å². The summed E-state index contributed by atoms with van der Waals surface area (Å²) in [5, 5.41) is 12.6. The first kappa shape index (κ1) is 22.7. The Kier molecular flexibility index (Phi) is 7.76. The maximum Gasteiger partial charge on any atom is 0.223 e. The van der Waals surface area contributed by atoms with Gasteiger partial charge < -0.3 is 20.2 Å². The summed E-state index contributed by atoms with van der Waals surface area (Å²) in [6.07, 6.45) is 8.90. The lowest BCUT2D eigenvalue weighted by Gasteiger charge is -2.43. The fourth-order valence-corrected chi connectivity index (χ4v) is 5.16. The van der Waals surface area contributed by atoms with Gasteiger partial charge in [-0.25, -0.2) is 0 Å². The number of aromatic nitrogens is 1. The molecule has 1 aromatic carbocycles. The van der Waals surface area contributed by atoms with Crippen LogP contribution in [0.5, 0.6) is 5.75 Å². The van der Waals surface area contributed by atoms with Crippen molar-refractivity contribution < 1.29 is 9.90 Å². The Hall–Kier alpha value is -2.44. The van der Waals surface area contributed by atoms with Crippen molar-refractivity contribution in [2.24, 2.45) is 5.92 Å². The molecule has 6 nitrogen and oxygen atoms in total. The smallest absolute Gasteiger partial charge is 0.223 e. The predicted molar refractivity (Wildman–Crippen MR) is 126 cm³/mol. The Bertz CT molecular complexity index is 842. The summed E-state index contributed by atoms with van der Waals surface area (Å²) < 4.78 is 0. The normalized spacial score (nSPS) is 20.2. The number of phenolic OH excluding ortho intramolecular Hbond substituents is 1. The molecule has 2 fully saturated rings. The molecule has 0 unspecified atom stereocenters. The van der Waals surface area contributed by atoms with E-state index in [2.05, 4.69) is 27.0 Å². The van der Waals surface area contributed by atoms with Crippen molar-refractivity contribution in [3.8, 4) is 5.75 Å². The SMILES string of the molecule is C[C@@H](Cc1ccc(O)cc1)N1CCC(N2CCC(C(=O)NCc3cccnc3)CC2)CC1. The fraction of sp³-hybridized carbons (Fsp3) is 0.538. The number of benzene rings is 1. The minimum atomic E-state index is 0.133. The number of likely N-dealkylation sites (tertiary alicyclic amines) is 2. The average molecular weight is 437 g/mol. The molecule has 0 spiro atoms. The van der Waals surface area contributed by atoms with Gasteiger partial charge in [-0.15, -0.1) is 0 Å². The standard InChI is InChI=1S/C26H36N4O2/c1-20(17-21-4-6-25(31)7-5-21)29-15-10-24(11-16-29)30-13-8-23(9-14-30)26(32)28-19-22-3-2-12-27-18-22/h2-7,12,18,20,23-24,31H,8-11,13-17,19H2,1H3,(H,28,32)/t20-/m0/s1. The molecule has 0 saturated carbocycles. The molecule has 2 aromatic rings. The summed E-state index contributed by atoms with van der Waals surface area (Å²) in [4.78, 5) is 21.9.